The van der Waals surface area contributed by atoms with Crippen LogP contribution in [0.25, 0.3) is 10.2 Å². The van der Waals surface area contributed by atoms with Gasteiger partial charge in [-0.2, -0.15) is 4.31 Å². The summed E-state index contributed by atoms with van der Waals surface area (Å²) in [6.45, 7) is 4.43. The molecule has 1 aliphatic heterocycles. The highest BCUT2D eigenvalue weighted by Gasteiger charge is 2.27. The molecule has 0 saturated carbocycles. The van der Waals surface area contributed by atoms with Crippen molar-refractivity contribution in [3.05, 3.63) is 23.2 Å². The number of benzene rings is 1. The van der Waals surface area contributed by atoms with Gasteiger partial charge < -0.3 is 4.90 Å². The highest BCUT2D eigenvalue weighted by Crippen LogP contribution is 2.31. The van der Waals surface area contributed by atoms with Crippen molar-refractivity contribution < 1.29 is 8.42 Å². The molecule has 1 aliphatic rings. The molecule has 1 aromatic heterocycles. The van der Waals surface area contributed by atoms with Gasteiger partial charge in [0.1, 0.15) is 0 Å². The molecule has 8 heteroatoms. The van der Waals surface area contributed by atoms with Crippen LogP contribution in [-0.4, -0.2) is 49.6 Å². The molecule has 2 heterocycles. The van der Waals surface area contributed by atoms with Crippen LogP contribution in [0.1, 0.15) is 19.8 Å². The fraction of sp³-hybridized carbons (Fsp3) is 0.533. The van der Waals surface area contributed by atoms with Gasteiger partial charge in [-0.25, -0.2) is 13.4 Å². The van der Waals surface area contributed by atoms with Crippen molar-refractivity contribution in [1.29, 1.82) is 0 Å². The minimum absolute atomic E-state index is 0.253. The van der Waals surface area contributed by atoms with Gasteiger partial charge in [0.25, 0.3) is 0 Å². The van der Waals surface area contributed by atoms with E-state index in [1.165, 1.54) is 0 Å². The Morgan fingerprint density at radius 1 is 1.26 bits per heavy atom. The maximum absolute atomic E-state index is 12.2. The highest BCUT2D eigenvalue weighted by molar-refractivity contribution is 7.89. The maximum atomic E-state index is 12.2. The predicted molar refractivity (Wildman–Crippen MR) is 97.1 cm³/mol. The van der Waals surface area contributed by atoms with Crippen LogP contribution in [0.2, 0.25) is 5.02 Å². The molecule has 5 nitrogen and oxygen atoms in total. The summed E-state index contributed by atoms with van der Waals surface area (Å²) >= 11 is 7.62. The van der Waals surface area contributed by atoms with Crippen molar-refractivity contribution in [3.63, 3.8) is 0 Å². The Labute approximate surface area is 145 Å². The topological polar surface area (TPSA) is 53.5 Å². The Morgan fingerprint density at radius 3 is 2.70 bits per heavy atom. The number of hydrogen-bond acceptors (Lipinski definition) is 5. The first-order valence-corrected chi connectivity index (χ1v) is 10.6. The van der Waals surface area contributed by atoms with E-state index >= 15 is 0 Å². The highest BCUT2D eigenvalue weighted by atomic mass is 35.5. The molecule has 0 radical (unpaired) electrons. The summed E-state index contributed by atoms with van der Waals surface area (Å²) < 4.78 is 27.2. The van der Waals surface area contributed by atoms with Gasteiger partial charge in [-0.1, -0.05) is 36.3 Å². The molecule has 1 aromatic carbocycles. The van der Waals surface area contributed by atoms with E-state index in [0.29, 0.717) is 31.2 Å². The van der Waals surface area contributed by atoms with Crippen LogP contribution in [0.4, 0.5) is 5.13 Å². The summed E-state index contributed by atoms with van der Waals surface area (Å²) in [5.41, 5.74) is 0.937. The SMILES string of the molecule is CCCCS(=O)(=O)N1CCN(c2nc3ccc(Cl)cc3s2)CC1. The smallest absolute Gasteiger partial charge is 0.214 e. The third kappa shape index (κ3) is 3.79. The fourth-order valence-corrected chi connectivity index (χ4v) is 5.56. The summed E-state index contributed by atoms with van der Waals surface area (Å²) in [5, 5.41) is 1.65. The molecule has 0 atom stereocenters. The number of anilines is 1. The summed E-state index contributed by atoms with van der Waals surface area (Å²) in [7, 11) is -3.11. The monoisotopic (exact) mass is 373 g/mol. The number of thiazole rings is 1. The predicted octanol–water partition coefficient (Wildman–Crippen LogP) is 3.20. The van der Waals surface area contributed by atoms with Crippen LogP contribution >= 0.6 is 22.9 Å². The molecule has 3 rings (SSSR count). The number of sulfonamides is 1. The molecular formula is C15H20ClN3O2S2. The maximum Gasteiger partial charge on any atom is 0.214 e. The molecule has 0 spiro atoms. The summed E-state index contributed by atoms with van der Waals surface area (Å²) in [6.07, 6.45) is 1.62. The molecule has 23 heavy (non-hydrogen) atoms. The zero-order valence-corrected chi connectivity index (χ0v) is 15.4. The molecule has 0 bridgehead atoms. The minimum Gasteiger partial charge on any atom is -0.345 e. The first-order valence-electron chi connectivity index (χ1n) is 7.78. The molecule has 0 unspecified atom stereocenters. The van der Waals surface area contributed by atoms with Gasteiger partial charge in [0.2, 0.25) is 10.0 Å². The Hall–Kier alpha value is -0.890. The van der Waals surface area contributed by atoms with Crippen LogP contribution in [0.3, 0.4) is 0 Å². The zero-order chi connectivity index (χ0) is 16.4. The summed E-state index contributed by atoms with van der Waals surface area (Å²) in [5.74, 6) is 0.253. The van der Waals surface area contributed by atoms with E-state index in [2.05, 4.69) is 9.88 Å². The van der Waals surface area contributed by atoms with E-state index in [-0.39, 0.29) is 5.75 Å². The van der Waals surface area contributed by atoms with Gasteiger partial charge in [0.15, 0.2) is 5.13 Å². The Balaban J connectivity index is 1.68. The van der Waals surface area contributed by atoms with Gasteiger partial charge in [0, 0.05) is 31.2 Å². The summed E-state index contributed by atoms with van der Waals surface area (Å²) in [4.78, 5) is 6.79. The second kappa shape index (κ2) is 6.93. The number of unbranched alkanes of at least 4 members (excludes halogenated alkanes) is 1. The normalized spacial score (nSPS) is 17.0. The van der Waals surface area contributed by atoms with Crippen molar-refractivity contribution in [1.82, 2.24) is 9.29 Å². The first kappa shape index (κ1) is 17.0. The van der Waals surface area contributed by atoms with E-state index in [1.807, 2.05) is 25.1 Å². The molecular weight excluding hydrogens is 354 g/mol. The standard InChI is InChI=1S/C15H20ClN3O2S2/c1-2-3-10-23(20,21)19-8-6-18(7-9-19)15-17-13-5-4-12(16)11-14(13)22-15/h4-5,11H,2-3,6-10H2,1H3. The van der Waals surface area contributed by atoms with Crippen LogP contribution < -0.4 is 4.90 Å². The number of fused-ring (bicyclic) bond motifs is 1. The number of piperazine rings is 1. The van der Waals surface area contributed by atoms with E-state index < -0.39 is 10.0 Å². The Bertz CT molecular complexity index is 783. The average molecular weight is 374 g/mol. The van der Waals surface area contributed by atoms with Crippen molar-refractivity contribution in [2.75, 3.05) is 36.8 Å². The molecule has 0 amide bonds. The van der Waals surface area contributed by atoms with Crippen LogP contribution in [0, 0.1) is 0 Å². The van der Waals surface area contributed by atoms with Crippen molar-refractivity contribution >= 4 is 48.3 Å². The third-order valence-electron chi connectivity index (χ3n) is 4.00. The third-order valence-corrected chi connectivity index (χ3v) is 7.27. The van der Waals surface area contributed by atoms with Crippen LogP contribution in [-0.2, 0) is 10.0 Å². The molecule has 1 saturated heterocycles. The Morgan fingerprint density at radius 2 is 2.00 bits per heavy atom. The van der Waals surface area contributed by atoms with Gasteiger partial charge in [-0.15, -0.1) is 0 Å². The lowest BCUT2D eigenvalue weighted by atomic mass is 10.3. The van der Waals surface area contributed by atoms with Crippen molar-refractivity contribution in [2.45, 2.75) is 19.8 Å². The van der Waals surface area contributed by atoms with Gasteiger partial charge in [0.05, 0.1) is 16.0 Å². The zero-order valence-electron chi connectivity index (χ0n) is 13.0. The van der Waals surface area contributed by atoms with E-state index in [1.54, 1.807) is 15.6 Å². The molecule has 0 N–H and O–H groups in total. The lowest BCUT2D eigenvalue weighted by molar-refractivity contribution is 0.384. The number of rotatable bonds is 5. The average Bonchev–Trinajstić information content (AvgIpc) is 2.96. The second-order valence-corrected chi connectivity index (χ2v) is 9.20. The lowest BCUT2D eigenvalue weighted by Gasteiger charge is -2.33. The fourth-order valence-electron chi connectivity index (χ4n) is 2.63. The van der Waals surface area contributed by atoms with Crippen LogP contribution in [0.15, 0.2) is 18.2 Å². The van der Waals surface area contributed by atoms with Gasteiger partial charge >= 0.3 is 0 Å². The quantitative estimate of drug-likeness (QED) is 0.807. The number of aromatic nitrogens is 1. The molecule has 1 fully saturated rings. The largest absolute Gasteiger partial charge is 0.345 e. The van der Waals surface area contributed by atoms with E-state index in [4.69, 9.17) is 11.6 Å². The molecule has 0 aliphatic carbocycles. The lowest BCUT2D eigenvalue weighted by Crippen LogP contribution is -2.49. The Kier molecular flexibility index (Phi) is 5.10. The minimum atomic E-state index is -3.11. The molecule has 2 aromatic rings. The van der Waals surface area contributed by atoms with Crippen LogP contribution in [0.5, 0.6) is 0 Å². The first-order chi connectivity index (χ1) is 11.0. The van der Waals surface area contributed by atoms with Crippen molar-refractivity contribution in [3.8, 4) is 0 Å². The van der Waals surface area contributed by atoms with E-state index in [0.717, 1.165) is 28.2 Å². The van der Waals surface area contributed by atoms with E-state index in [9.17, 15) is 8.42 Å². The number of halogens is 1. The second-order valence-electron chi connectivity index (χ2n) is 5.66. The number of hydrogen-bond donors (Lipinski definition) is 0. The number of nitrogens with zero attached hydrogens (tertiary/aromatic N) is 3. The summed E-state index contributed by atoms with van der Waals surface area (Å²) in [6, 6.07) is 5.68. The molecule has 126 valence electrons. The van der Waals surface area contributed by atoms with Gasteiger partial charge in [-0.05, 0) is 24.6 Å². The van der Waals surface area contributed by atoms with Crippen molar-refractivity contribution in [2.24, 2.45) is 0 Å². The van der Waals surface area contributed by atoms with Gasteiger partial charge in [-0.3, -0.25) is 0 Å².